The van der Waals surface area contributed by atoms with Gasteiger partial charge in [-0.2, -0.15) is 0 Å². The fourth-order valence-electron chi connectivity index (χ4n) is 0.633. The van der Waals surface area contributed by atoms with Gasteiger partial charge in [0.15, 0.2) is 0 Å². The van der Waals surface area contributed by atoms with Crippen molar-refractivity contribution in [3.63, 3.8) is 0 Å². The van der Waals surface area contributed by atoms with Crippen LogP contribution >= 0.6 is 22.6 Å². The van der Waals surface area contributed by atoms with E-state index in [0.717, 1.165) is 0 Å². The highest BCUT2D eigenvalue weighted by Crippen LogP contribution is 2.30. The number of aromatic hydroxyl groups is 1. The lowest BCUT2D eigenvalue weighted by Gasteiger charge is -1.97. The van der Waals surface area contributed by atoms with Gasteiger partial charge in [-0.05, 0) is 40.3 Å². The number of azide groups is 1. The van der Waals surface area contributed by atoms with Gasteiger partial charge in [0, 0.05) is 4.91 Å². The fourth-order valence-corrected chi connectivity index (χ4v) is 1.12. The lowest BCUT2D eigenvalue weighted by Crippen LogP contribution is -1.71. The second kappa shape index (κ2) is 3.45. The third-order valence-electron chi connectivity index (χ3n) is 1.12. The molecule has 1 aromatic rings. The lowest BCUT2D eigenvalue weighted by atomic mass is 10.3. The number of halogens is 1. The minimum Gasteiger partial charge on any atom is -0.506 e. The van der Waals surface area contributed by atoms with Crippen molar-refractivity contribution in [2.75, 3.05) is 0 Å². The first-order chi connectivity index (χ1) is 5.25. The summed E-state index contributed by atoms with van der Waals surface area (Å²) < 4.78 is 0.674. The Labute approximate surface area is 76.6 Å². The molecule has 0 atom stereocenters. The number of phenolic OH excluding ortho intramolecular Hbond substituents is 1. The molecule has 0 unspecified atom stereocenters. The molecular weight excluding hydrogens is 257 g/mol. The zero-order valence-electron chi connectivity index (χ0n) is 5.40. The van der Waals surface area contributed by atoms with E-state index in [4.69, 9.17) is 5.53 Å². The number of rotatable bonds is 1. The number of benzene rings is 1. The van der Waals surface area contributed by atoms with Crippen LogP contribution in [0.25, 0.3) is 10.4 Å². The van der Waals surface area contributed by atoms with E-state index in [0.29, 0.717) is 3.57 Å². The van der Waals surface area contributed by atoms with E-state index in [9.17, 15) is 5.11 Å². The Hall–Kier alpha value is -0.940. The van der Waals surface area contributed by atoms with Crippen LogP contribution in [0.5, 0.6) is 5.75 Å². The van der Waals surface area contributed by atoms with Crippen LogP contribution in [0, 0.1) is 3.57 Å². The molecule has 1 rings (SSSR count). The normalized spacial score (nSPS) is 8.82. The molecule has 0 aliphatic carbocycles. The van der Waals surface area contributed by atoms with Gasteiger partial charge in [0.2, 0.25) is 0 Å². The van der Waals surface area contributed by atoms with Crippen LogP contribution in [0.15, 0.2) is 23.3 Å². The summed E-state index contributed by atoms with van der Waals surface area (Å²) in [6, 6.07) is 5.00. The third-order valence-corrected chi connectivity index (χ3v) is 1.99. The summed E-state index contributed by atoms with van der Waals surface area (Å²) in [6.45, 7) is 0. The predicted molar refractivity (Wildman–Crippen MR) is 49.6 cm³/mol. The van der Waals surface area contributed by atoms with Crippen molar-refractivity contribution >= 4 is 28.3 Å². The largest absolute Gasteiger partial charge is 0.506 e. The van der Waals surface area contributed by atoms with Gasteiger partial charge in [-0.1, -0.05) is 11.2 Å². The van der Waals surface area contributed by atoms with Gasteiger partial charge in [-0.25, -0.2) is 0 Å². The molecule has 5 heteroatoms. The highest BCUT2D eigenvalue weighted by atomic mass is 127. The Morgan fingerprint density at radius 1 is 1.55 bits per heavy atom. The van der Waals surface area contributed by atoms with Gasteiger partial charge in [0.05, 0.1) is 9.26 Å². The number of hydrogen-bond acceptors (Lipinski definition) is 2. The molecule has 0 spiro atoms. The topological polar surface area (TPSA) is 69.0 Å². The highest BCUT2D eigenvalue weighted by Gasteiger charge is 2.00. The van der Waals surface area contributed by atoms with Crippen LogP contribution in [0.3, 0.4) is 0 Å². The molecule has 0 fully saturated rings. The van der Waals surface area contributed by atoms with Crippen LogP contribution in [-0.2, 0) is 0 Å². The van der Waals surface area contributed by atoms with Crippen molar-refractivity contribution in [3.8, 4) is 5.75 Å². The van der Waals surface area contributed by atoms with Crippen molar-refractivity contribution in [3.05, 3.63) is 32.2 Å². The van der Waals surface area contributed by atoms with Gasteiger partial charge in [0.1, 0.15) is 5.75 Å². The Morgan fingerprint density at radius 3 is 2.91 bits per heavy atom. The summed E-state index contributed by atoms with van der Waals surface area (Å²) in [6.07, 6.45) is 0. The van der Waals surface area contributed by atoms with E-state index in [1.807, 2.05) is 22.6 Å². The molecule has 0 aliphatic heterocycles. The van der Waals surface area contributed by atoms with E-state index < -0.39 is 0 Å². The molecule has 0 bridgehead atoms. The Kier molecular flexibility index (Phi) is 2.56. The van der Waals surface area contributed by atoms with Crippen molar-refractivity contribution in [1.82, 2.24) is 0 Å². The van der Waals surface area contributed by atoms with Gasteiger partial charge < -0.3 is 5.11 Å². The molecule has 0 amide bonds. The molecule has 1 aromatic carbocycles. The summed E-state index contributed by atoms with van der Waals surface area (Å²) in [5, 5.41) is 12.5. The van der Waals surface area contributed by atoms with E-state index in [1.165, 1.54) is 0 Å². The van der Waals surface area contributed by atoms with Crippen molar-refractivity contribution in [2.24, 2.45) is 5.11 Å². The average molecular weight is 261 g/mol. The van der Waals surface area contributed by atoms with Crippen LogP contribution in [0.4, 0.5) is 5.69 Å². The molecule has 0 saturated heterocycles. The second-order valence-electron chi connectivity index (χ2n) is 1.80. The maximum Gasteiger partial charge on any atom is 0.138 e. The Balaban J connectivity index is 3.26. The second-order valence-corrected chi connectivity index (χ2v) is 2.96. The maximum absolute atomic E-state index is 9.26. The van der Waals surface area contributed by atoms with Gasteiger partial charge >= 0.3 is 0 Å². The SMILES string of the molecule is [N-]=[N+]=Nc1cccc(I)c1O. The Morgan fingerprint density at radius 2 is 2.27 bits per heavy atom. The monoisotopic (exact) mass is 261 g/mol. The molecule has 0 aromatic heterocycles. The van der Waals surface area contributed by atoms with Crippen molar-refractivity contribution < 1.29 is 5.11 Å². The molecule has 0 aliphatic rings. The summed E-state index contributed by atoms with van der Waals surface area (Å²) in [5.74, 6) is 0.0332. The molecule has 11 heavy (non-hydrogen) atoms. The first-order valence-electron chi connectivity index (χ1n) is 2.78. The van der Waals surface area contributed by atoms with Crippen LogP contribution in [0.1, 0.15) is 0 Å². The number of nitrogens with zero attached hydrogens (tertiary/aromatic N) is 3. The first-order valence-corrected chi connectivity index (χ1v) is 3.86. The molecule has 0 heterocycles. The highest BCUT2D eigenvalue weighted by molar-refractivity contribution is 14.1. The first kappa shape index (κ1) is 8.16. The number of phenols is 1. The van der Waals surface area contributed by atoms with E-state index in [1.54, 1.807) is 18.2 Å². The van der Waals surface area contributed by atoms with E-state index >= 15 is 0 Å². The van der Waals surface area contributed by atoms with Crippen LogP contribution < -0.4 is 0 Å². The standard InChI is InChI=1S/C6H4IN3O/c7-4-2-1-3-5(6(4)11)9-10-8/h1-3,11H. The van der Waals surface area contributed by atoms with Crippen molar-refractivity contribution in [2.45, 2.75) is 0 Å². The summed E-state index contributed by atoms with van der Waals surface area (Å²) >= 11 is 1.96. The van der Waals surface area contributed by atoms with Gasteiger partial charge in [-0.15, -0.1) is 0 Å². The van der Waals surface area contributed by atoms with E-state index in [-0.39, 0.29) is 11.4 Å². The van der Waals surface area contributed by atoms with Crippen LogP contribution in [0.2, 0.25) is 0 Å². The minimum atomic E-state index is 0.0332. The van der Waals surface area contributed by atoms with E-state index in [2.05, 4.69) is 10.0 Å². The molecule has 1 N–H and O–H groups in total. The van der Waals surface area contributed by atoms with Crippen LogP contribution in [-0.4, -0.2) is 5.11 Å². The van der Waals surface area contributed by atoms with Gasteiger partial charge in [0.25, 0.3) is 0 Å². The molecular formula is C6H4IN3O. The third kappa shape index (κ3) is 1.75. The van der Waals surface area contributed by atoms with Gasteiger partial charge in [-0.3, -0.25) is 0 Å². The number of para-hydroxylation sites is 1. The predicted octanol–water partition coefficient (Wildman–Crippen LogP) is 2.94. The molecule has 56 valence electrons. The molecule has 4 nitrogen and oxygen atoms in total. The Bertz CT molecular complexity index is 320. The smallest absolute Gasteiger partial charge is 0.138 e. The average Bonchev–Trinajstić information content (AvgIpc) is 1.99. The summed E-state index contributed by atoms with van der Waals surface area (Å²) in [7, 11) is 0. The molecule has 0 radical (unpaired) electrons. The lowest BCUT2D eigenvalue weighted by molar-refractivity contribution is 0.473. The number of hydrogen-bond donors (Lipinski definition) is 1. The zero-order chi connectivity index (χ0) is 8.27. The maximum atomic E-state index is 9.26. The minimum absolute atomic E-state index is 0.0332. The molecule has 0 saturated carbocycles. The zero-order valence-corrected chi connectivity index (χ0v) is 7.56. The van der Waals surface area contributed by atoms with Crippen molar-refractivity contribution in [1.29, 1.82) is 0 Å². The summed E-state index contributed by atoms with van der Waals surface area (Å²) in [4.78, 5) is 2.57. The summed E-state index contributed by atoms with van der Waals surface area (Å²) in [5.41, 5.74) is 8.34. The quantitative estimate of drug-likeness (QED) is 0.359. The fraction of sp³-hybridized carbons (Fsp3) is 0.